The molecule has 2 rings (SSSR count). The van der Waals surface area contributed by atoms with E-state index in [9.17, 15) is 18.3 Å². The summed E-state index contributed by atoms with van der Waals surface area (Å²) in [6, 6.07) is 4.14. The lowest BCUT2D eigenvalue weighted by molar-refractivity contribution is -0.146. The van der Waals surface area contributed by atoms with Crippen molar-refractivity contribution in [3.63, 3.8) is 0 Å². The molecule has 0 saturated carbocycles. The normalized spacial score (nSPS) is 11.8. The molecule has 1 aromatic carbocycles. The van der Waals surface area contributed by atoms with Gasteiger partial charge in [-0.2, -0.15) is 18.2 Å². The molecule has 0 fully saturated rings. The third kappa shape index (κ3) is 2.22. The highest BCUT2D eigenvalue weighted by molar-refractivity contribution is 5.59. The predicted molar refractivity (Wildman–Crippen MR) is 51.1 cm³/mol. The topological polar surface area (TPSA) is 59.2 Å². The van der Waals surface area contributed by atoms with Crippen LogP contribution in [0.2, 0.25) is 0 Å². The maximum absolute atomic E-state index is 12.3. The molecule has 0 amide bonds. The van der Waals surface area contributed by atoms with Crippen LogP contribution in [0.25, 0.3) is 11.5 Å². The van der Waals surface area contributed by atoms with E-state index < -0.39 is 12.0 Å². The Balaban J connectivity index is 2.44. The number of phenolic OH excluding ortho intramolecular Hbond substituents is 1. The number of alkyl halides is 3. The first-order chi connectivity index (χ1) is 7.88. The number of aromatic hydroxyl groups is 1. The van der Waals surface area contributed by atoms with Gasteiger partial charge in [0.25, 0.3) is 11.7 Å². The Labute approximate surface area is 93.7 Å². The van der Waals surface area contributed by atoms with Crippen LogP contribution in [0.15, 0.2) is 22.7 Å². The van der Waals surface area contributed by atoms with Gasteiger partial charge in [-0.05, 0) is 30.7 Å². The molecular weight excluding hydrogens is 237 g/mol. The maximum atomic E-state index is 12.3. The number of benzene rings is 1. The minimum absolute atomic E-state index is 0.0156. The number of rotatable bonds is 1. The third-order valence-corrected chi connectivity index (χ3v) is 2.12. The Kier molecular flexibility index (Phi) is 2.53. The summed E-state index contributed by atoms with van der Waals surface area (Å²) in [7, 11) is 0. The maximum Gasteiger partial charge on any atom is 0.455 e. The summed E-state index contributed by atoms with van der Waals surface area (Å²) in [5, 5.41) is 12.0. The van der Waals surface area contributed by atoms with E-state index in [1.807, 2.05) is 0 Å². The van der Waals surface area contributed by atoms with Gasteiger partial charge in [-0.25, -0.2) is 0 Å². The Morgan fingerprint density at radius 2 is 2.00 bits per heavy atom. The quantitative estimate of drug-likeness (QED) is 0.837. The third-order valence-electron chi connectivity index (χ3n) is 2.12. The van der Waals surface area contributed by atoms with Gasteiger partial charge in [0.05, 0.1) is 0 Å². The molecule has 1 heterocycles. The number of aromatic nitrogens is 2. The van der Waals surface area contributed by atoms with Gasteiger partial charge in [0.2, 0.25) is 0 Å². The van der Waals surface area contributed by atoms with E-state index in [1.54, 1.807) is 6.92 Å². The lowest BCUT2D eigenvalue weighted by Gasteiger charge is -2.00. The molecule has 1 N–H and O–H groups in total. The summed E-state index contributed by atoms with van der Waals surface area (Å²) in [5.74, 6) is -1.53. The Hall–Kier alpha value is -2.05. The second-order valence-electron chi connectivity index (χ2n) is 3.42. The molecule has 90 valence electrons. The van der Waals surface area contributed by atoms with Gasteiger partial charge in [0.1, 0.15) is 5.75 Å². The fraction of sp³-hybridized carbons (Fsp3) is 0.200. The average Bonchev–Trinajstić information content (AvgIpc) is 2.65. The van der Waals surface area contributed by atoms with Gasteiger partial charge >= 0.3 is 6.18 Å². The zero-order valence-corrected chi connectivity index (χ0v) is 8.62. The second kappa shape index (κ2) is 3.76. The molecule has 2 aromatic rings. The number of hydrogen-bond acceptors (Lipinski definition) is 4. The van der Waals surface area contributed by atoms with E-state index >= 15 is 0 Å². The monoisotopic (exact) mass is 244 g/mol. The van der Waals surface area contributed by atoms with Crippen LogP contribution in [-0.4, -0.2) is 15.2 Å². The van der Waals surface area contributed by atoms with Crippen molar-refractivity contribution in [2.24, 2.45) is 0 Å². The van der Waals surface area contributed by atoms with Crippen molar-refractivity contribution in [2.45, 2.75) is 13.1 Å². The summed E-state index contributed by atoms with van der Waals surface area (Å²) in [6.45, 7) is 1.62. The number of aryl methyl sites for hydroxylation is 1. The van der Waals surface area contributed by atoms with Crippen LogP contribution >= 0.6 is 0 Å². The van der Waals surface area contributed by atoms with Crippen molar-refractivity contribution in [3.8, 4) is 17.2 Å². The number of phenols is 1. The van der Waals surface area contributed by atoms with Gasteiger partial charge in [0.15, 0.2) is 0 Å². The van der Waals surface area contributed by atoms with Crippen molar-refractivity contribution in [1.29, 1.82) is 0 Å². The van der Waals surface area contributed by atoms with Crippen LogP contribution in [-0.2, 0) is 6.18 Å². The minimum Gasteiger partial charge on any atom is -0.508 e. The standard InChI is InChI=1S/C10H7F3N2O2/c1-5-4-6(16)2-3-7(5)8-14-9(15-17-8)10(11,12)13/h2-4,16H,1H3. The molecule has 0 saturated heterocycles. The highest BCUT2D eigenvalue weighted by Crippen LogP contribution is 2.30. The fourth-order valence-corrected chi connectivity index (χ4v) is 1.34. The number of halogens is 3. The second-order valence-corrected chi connectivity index (χ2v) is 3.42. The molecule has 0 atom stereocenters. The molecular formula is C10H7F3N2O2. The lowest BCUT2D eigenvalue weighted by atomic mass is 10.1. The molecule has 0 aliphatic rings. The Bertz CT molecular complexity index is 549. The van der Waals surface area contributed by atoms with E-state index in [4.69, 9.17) is 0 Å². The molecule has 0 unspecified atom stereocenters. The highest BCUT2D eigenvalue weighted by atomic mass is 19.4. The number of nitrogens with zero attached hydrogens (tertiary/aromatic N) is 2. The fourth-order valence-electron chi connectivity index (χ4n) is 1.34. The molecule has 0 spiro atoms. The van der Waals surface area contributed by atoms with E-state index in [0.29, 0.717) is 11.1 Å². The molecule has 7 heteroatoms. The van der Waals surface area contributed by atoms with Gasteiger partial charge in [0, 0.05) is 5.56 Å². The van der Waals surface area contributed by atoms with Crippen molar-refractivity contribution in [3.05, 3.63) is 29.6 Å². The van der Waals surface area contributed by atoms with Crippen LogP contribution in [0.1, 0.15) is 11.4 Å². The number of hydrogen-bond donors (Lipinski definition) is 1. The summed E-state index contributed by atoms with van der Waals surface area (Å²) in [4.78, 5) is 3.26. The predicted octanol–water partition coefficient (Wildman–Crippen LogP) is 2.77. The molecule has 1 aromatic heterocycles. The molecule has 0 aliphatic carbocycles. The Morgan fingerprint density at radius 1 is 1.29 bits per heavy atom. The van der Waals surface area contributed by atoms with E-state index in [2.05, 4.69) is 14.7 Å². The summed E-state index contributed by atoms with van der Waals surface area (Å²) in [6.07, 6.45) is -4.63. The summed E-state index contributed by atoms with van der Waals surface area (Å²) >= 11 is 0. The molecule has 17 heavy (non-hydrogen) atoms. The Morgan fingerprint density at radius 3 is 2.53 bits per heavy atom. The zero-order chi connectivity index (χ0) is 12.6. The molecule has 0 aliphatic heterocycles. The highest BCUT2D eigenvalue weighted by Gasteiger charge is 2.37. The average molecular weight is 244 g/mol. The van der Waals surface area contributed by atoms with Crippen LogP contribution < -0.4 is 0 Å². The van der Waals surface area contributed by atoms with Crippen molar-refractivity contribution < 1.29 is 22.8 Å². The first-order valence-electron chi connectivity index (χ1n) is 4.59. The van der Waals surface area contributed by atoms with Crippen molar-refractivity contribution in [1.82, 2.24) is 10.1 Å². The zero-order valence-electron chi connectivity index (χ0n) is 8.62. The van der Waals surface area contributed by atoms with Crippen LogP contribution in [0.4, 0.5) is 13.2 Å². The van der Waals surface area contributed by atoms with Crippen LogP contribution in [0, 0.1) is 6.92 Å². The van der Waals surface area contributed by atoms with E-state index in [1.165, 1.54) is 18.2 Å². The molecule has 0 radical (unpaired) electrons. The van der Waals surface area contributed by atoms with E-state index in [-0.39, 0.29) is 11.6 Å². The van der Waals surface area contributed by atoms with Gasteiger partial charge in [-0.3, -0.25) is 0 Å². The smallest absolute Gasteiger partial charge is 0.455 e. The summed E-state index contributed by atoms with van der Waals surface area (Å²) < 4.78 is 41.3. The SMILES string of the molecule is Cc1cc(O)ccc1-c1nc(C(F)(F)F)no1. The van der Waals surface area contributed by atoms with E-state index in [0.717, 1.165) is 0 Å². The van der Waals surface area contributed by atoms with Gasteiger partial charge in [-0.1, -0.05) is 5.16 Å². The van der Waals surface area contributed by atoms with Crippen LogP contribution in [0.5, 0.6) is 5.75 Å². The molecule has 0 bridgehead atoms. The first-order valence-corrected chi connectivity index (χ1v) is 4.59. The first kappa shape index (κ1) is 11.4. The van der Waals surface area contributed by atoms with Crippen LogP contribution in [0.3, 0.4) is 0 Å². The lowest BCUT2D eigenvalue weighted by Crippen LogP contribution is -2.07. The largest absolute Gasteiger partial charge is 0.508 e. The van der Waals surface area contributed by atoms with Gasteiger partial charge < -0.3 is 9.63 Å². The van der Waals surface area contributed by atoms with Gasteiger partial charge in [-0.15, -0.1) is 0 Å². The molecule has 4 nitrogen and oxygen atoms in total. The summed E-state index contributed by atoms with van der Waals surface area (Å²) in [5.41, 5.74) is 0.896. The van der Waals surface area contributed by atoms with Crippen molar-refractivity contribution >= 4 is 0 Å². The minimum atomic E-state index is -4.63. The van der Waals surface area contributed by atoms with Crippen molar-refractivity contribution in [2.75, 3.05) is 0 Å².